The van der Waals surface area contributed by atoms with E-state index in [9.17, 15) is 4.79 Å². The second kappa shape index (κ2) is 6.75. The zero-order chi connectivity index (χ0) is 15.3. The van der Waals surface area contributed by atoms with Crippen molar-refractivity contribution in [3.8, 4) is 11.8 Å². The molecule has 1 aliphatic rings. The number of amides is 1. The maximum absolute atomic E-state index is 12.5. The molecule has 1 amide bonds. The molecule has 1 heterocycles. The van der Waals surface area contributed by atoms with E-state index < -0.39 is 0 Å². The van der Waals surface area contributed by atoms with Gasteiger partial charge in [0.1, 0.15) is 6.61 Å². The highest BCUT2D eigenvalue weighted by Crippen LogP contribution is 2.21. The summed E-state index contributed by atoms with van der Waals surface area (Å²) in [6.07, 6.45) is 1.62. The van der Waals surface area contributed by atoms with Gasteiger partial charge in [0.05, 0.1) is 5.56 Å². The summed E-state index contributed by atoms with van der Waals surface area (Å²) < 4.78 is 5.34. The third kappa shape index (κ3) is 4.07. The fraction of sp³-hybridized carbons (Fsp3) is 0.471. The molecule has 0 unspecified atom stereocenters. The lowest BCUT2D eigenvalue weighted by Crippen LogP contribution is -2.49. The van der Waals surface area contributed by atoms with Gasteiger partial charge in [0.2, 0.25) is 0 Å². The number of benzene rings is 1. The first-order chi connectivity index (χ1) is 10.0. The Morgan fingerprint density at radius 1 is 1.43 bits per heavy atom. The largest absolute Gasteiger partial charge is 0.384 e. The fourth-order valence-corrected chi connectivity index (χ4v) is 2.38. The summed E-state index contributed by atoms with van der Waals surface area (Å²) in [7, 11) is 0. The summed E-state index contributed by atoms with van der Waals surface area (Å²) in [5.74, 6) is 5.33. The molecule has 0 bridgehead atoms. The molecule has 21 heavy (non-hydrogen) atoms. The molecule has 0 aromatic heterocycles. The van der Waals surface area contributed by atoms with Gasteiger partial charge in [-0.25, -0.2) is 0 Å². The lowest BCUT2D eigenvalue weighted by molar-refractivity contribution is 0.0423. The Labute approximate surface area is 125 Å². The Morgan fingerprint density at radius 2 is 2.14 bits per heavy atom. The van der Waals surface area contributed by atoms with E-state index in [2.05, 4.69) is 17.2 Å². The van der Waals surface area contributed by atoms with Gasteiger partial charge < -0.3 is 15.2 Å². The van der Waals surface area contributed by atoms with Crippen molar-refractivity contribution in [2.24, 2.45) is 0 Å². The molecule has 0 aliphatic carbocycles. The molecule has 2 rings (SSSR count). The average Bonchev–Trinajstić information content (AvgIpc) is 2.45. The van der Waals surface area contributed by atoms with Crippen molar-refractivity contribution >= 4 is 5.91 Å². The van der Waals surface area contributed by atoms with Crippen molar-refractivity contribution in [1.82, 2.24) is 5.32 Å². The van der Waals surface area contributed by atoms with Crippen molar-refractivity contribution in [2.45, 2.75) is 32.2 Å². The van der Waals surface area contributed by atoms with Gasteiger partial charge in [-0.1, -0.05) is 17.9 Å². The van der Waals surface area contributed by atoms with Crippen LogP contribution in [0.1, 0.15) is 41.3 Å². The van der Waals surface area contributed by atoms with E-state index in [1.165, 1.54) is 0 Å². The van der Waals surface area contributed by atoms with Gasteiger partial charge >= 0.3 is 0 Å². The molecule has 0 atom stereocenters. The van der Waals surface area contributed by atoms with Crippen molar-refractivity contribution in [2.75, 3.05) is 19.8 Å². The van der Waals surface area contributed by atoms with Crippen LogP contribution in [0.5, 0.6) is 0 Å². The van der Waals surface area contributed by atoms with Crippen molar-refractivity contribution in [3.05, 3.63) is 34.9 Å². The quantitative estimate of drug-likeness (QED) is 0.813. The molecule has 1 aromatic carbocycles. The first-order valence-electron chi connectivity index (χ1n) is 7.15. The number of carbonyl (C=O) groups is 1. The average molecular weight is 287 g/mol. The van der Waals surface area contributed by atoms with Crippen LogP contribution in [0.3, 0.4) is 0 Å². The second-order valence-corrected chi connectivity index (χ2v) is 5.64. The van der Waals surface area contributed by atoms with Crippen LogP contribution in [-0.4, -0.2) is 36.4 Å². The molecule has 4 nitrogen and oxygen atoms in total. The molecule has 1 saturated heterocycles. The molecule has 2 N–H and O–H groups in total. The first kappa shape index (κ1) is 15.6. The van der Waals surface area contributed by atoms with E-state index in [0.29, 0.717) is 24.3 Å². The molecule has 4 heteroatoms. The molecule has 0 radical (unpaired) electrons. The third-order valence-electron chi connectivity index (χ3n) is 3.73. The standard InChI is InChI=1S/C17H21NO3/c1-13-5-6-15(14(12-13)4-3-9-19)16(20)18-17(2)7-10-21-11-8-17/h5-6,12,19H,7-11H2,1-2H3,(H,18,20). The number of rotatable bonds is 2. The Bertz CT molecular complexity index is 577. The van der Waals surface area contributed by atoms with Gasteiger partial charge in [0.25, 0.3) is 5.91 Å². The summed E-state index contributed by atoms with van der Waals surface area (Å²) in [4.78, 5) is 12.5. The molecular weight excluding hydrogens is 266 g/mol. The number of nitrogens with one attached hydrogen (secondary N) is 1. The predicted octanol–water partition coefficient (Wildman–Crippen LogP) is 1.64. The predicted molar refractivity (Wildman–Crippen MR) is 81.1 cm³/mol. The Balaban J connectivity index is 2.22. The van der Waals surface area contributed by atoms with Crippen LogP contribution in [0.4, 0.5) is 0 Å². The number of carbonyl (C=O) groups excluding carboxylic acids is 1. The highest BCUT2D eigenvalue weighted by molar-refractivity contribution is 5.97. The number of hydrogen-bond acceptors (Lipinski definition) is 3. The summed E-state index contributed by atoms with van der Waals surface area (Å²) in [6, 6.07) is 5.55. The number of aliphatic hydroxyl groups is 1. The molecule has 0 spiro atoms. The molecular formula is C17H21NO3. The van der Waals surface area contributed by atoms with Crippen LogP contribution in [-0.2, 0) is 4.74 Å². The molecule has 1 fully saturated rings. The van der Waals surface area contributed by atoms with Gasteiger partial charge in [-0.15, -0.1) is 0 Å². The molecule has 1 aliphatic heterocycles. The zero-order valence-corrected chi connectivity index (χ0v) is 12.5. The first-order valence-corrected chi connectivity index (χ1v) is 7.15. The van der Waals surface area contributed by atoms with Crippen LogP contribution in [0, 0.1) is 18.8 Å². The lowest BCUT2D eigenvalue weighted by Gasteiger charge is -2.34. The molecule has 0 saturated carbocycles. The van der Waals surface area contributed by atoms with Crippen LogP contribution >= 0.6 is 0 Å². The molecule has 112 valence electrons. The minimum Gasteiger partial charge on any atom is -0.384 e. The Hall–Kier alpha value is -1.83. The van der Waals surface area contributed by atoms with Gasteiger partial charge in [0.15, 0.2) is 0 Å². The van der Waals surface area contributed by atoms with E-state index in [1.54, 1.807) is 6.07 Å². The summed E-state index contributed by atoms with van der Waals surface area (Å²) in [5, 5.41) is 11.9. The smallest absolute Gasteiger partial charge is 0.252 e. The Morgan fingerprint density at radius 3 is 2.81 bits per heavy atom. The van der Waals surface area contributed by atoms with E-state index in [-0.39, 0.29) is 18.1 Å². The zero-order valence-electron chi connectivity index (χ0n) is 12.5. The van der Waals surface area contributed by atoms with E-state index in [4.69, 9.17) is 9.84 Å². The number of ether oxygens (including phenoxy) is 1. The monoisotopic (exact) mass is 287 g/mol. The number of aryl methyl sites for hydroxylation is 1. The second-order valence-electron chi connectivity index (χ2n) is 5.64. The minimum atomic E-state index is -0.234. The van der Waals surface area contributed by atoms with Crippen LogP contribution in [0.15, 0.2) is 18.2 Å². The van der Waals surface area contributed by atoms with E-state index in [0.717, 1.165) is 18.4 Å². The SMILES string of the molecule is Cc1ccc(C(=O)NC2(C)CCOCC2)c(C#CCO)c1. The van der Waals surface area contributed by atoms with Gasteiger partial charge in [-0.2, -0.15) is 0 Å². The minimum absolute atomic E-state index is 0.123. The highest BCUT2D eigenvalue weighted by Gasteiger charge is 2.29. The van der Waals surface area contributed by atoms with Gasteiger partial charge in [-0.3, -0.25) is 4.79 Å². The molecule has 1 aromatic rings. The summed E-state index contributed by atoms with van der Waals surface area (Å²) in [5.41, 5.74) is 2.00. The van der Waals surface area contributed by atoms with Crippen LogP contribution < -0.4 is 5.32 Å². The topological polar surface area (TPSA) is 58.6 Å². The van der Waals surface area contributed by atoms with Crippen LogP contribution in [0.25, 0.3) is 0 Å². The van der Waals surface area contributed by atoms with Crippen molar-refractivity contribution < 1.29 is 14.6 Å². The Kier molecular flexibility index (Phi) is 5.00. The van der Waals surface area contributed by atoms with Gasteiger partial charge in [0, 0.05) is 24.3 Å². The summed E-state index contributed by atoms with van der Waals surface area (Å²) in [6.45, 7) is 5.11. The third-order valence-corrected chi connectivity index (χ3v) is 3.73. The lowest BCUT2D eigenvalue weighted by atomic mass is 9.91. The number of hydrogen-bond donors (Lipinski definition) is 2. The normalized spacial score (nSPS) is 16.7. The highest BCUT2D eigenvalue weighted by atomic mass is 16.5. The van der Waals surface area contributed by atoms with E-state index in [1.807, 2.05) is 26.0 Å². The number of aliphatic hydroxyl groups excluding tert-OH is 1. The van der Waals surface area contributed by atoms with Gasteiger partial charge in [-0.05, 0) is 44.4 Å². The fourth-order valence-electron chi connectivity index (χ4n) is 2.38. The van der Waals surface area contributed by atoms with Crippen molar-refractivity contribution in [1.29, 1.82) is 0 Å². The maximum Gasteiger partial charge on any atom is 0.252 e. The van der Waals surface area contributed by atoms with Crippen molar-refractivity contribution in [3.63, 3.8) is 0 Å². The maximum atomic E-state index is 12.5. The van der Waals surface area contributed by atoms with Crippen LogP contribution in [0.2, 0.25) is 0 Å². The summed E-state index contributed by atoms with van der Waals surface area (Å²) >= 11 is 0. The van der Waals surface area contributed by atoms with E-state index >= 15 is 0 Å².